The van der Waals surface area contributed by atoms with Crippen LogP contribution in [0, 0.1) is 0 Å². The molecule has 0 radical (unpaired) electrons. The topological polar surface area (TPSA) is 105 Å². The molecule has 0 rings (SSSR count). The molecule has 10 heteroatoms. The molecule has 0 aromatic carbocycles. The molecule has 0 atom stereocenters. The normalized spacial score (nSPS) is 13.1. The zero-order chi connectivity index (χ0) is 14.9. The van der Waals surface area contributed by atoms with E-state index >= 15 is 0 Å². The van der Waals surface area contributed by atoms with E-state index in [1.54, 1.807) is 7.11 Å². The summed E-state index contributed by atoms with van der Waals surface area (Å²) in [5.41, 5.74) is 0. The van der Waals surface area contributed by atoms with E-state index in [1.165, 1.54) is 0 Å². The lowest BCUT2D eigenvalue weighted by atomic mass is 10.4. The number of nitrogens with zero attached hydrogens (tertiary/aromatic N) is 1. The first-order valence-electron chi connectivity index (χ1n) is 5.74. The van der Waals surface area contributed by atoms with Crippen LogP contribution >= 0.6 is 0 Å². The van der Waals surface area contributed by atoms with Gasteiger partial charge in [0.05, 0.1) is 19.1 Å². The van der Waals surface area contributed by atoms with Crippen LogP contribution < -0.4 is 9.44 Å². The van der Waals surface area contributed by atoms with Gasteiger partial charge in [-0.15, -0.1) is 0 Å². The first-order chi connectivity index (χ1) is 8.64. The summed E-state index contributed by atoms with van der Waals surface area (Å²) in [6.45, 7) is 2.64. The Bertz CT molecular complexity index is 397. The standard InChI is InChI=1S/C9H23N3O5S2/c1-17-9-8-12(6-4-10-18(2,13)14)7-5-11-19(3,15)16/h10-11H,4-9H2,1-3H3. The van der Waals surface area contributed by atoms with Crippen LogP contribution in [0.2, 0.25) is 0 Å². The second kappa shape index (κ2) is 8.82. The third-order valence-electron chi connectivity index (χ3n) is 2.20. The summed E-state index contributed by atoms with van der Waals surface area (Å²) in [7, 11) is -4.84. The first kappa shape index (κ1) is 18.7. The van der Waals surface area contributed by atoms with E-state index in [0.29, 0.717) is 26.2 Å². The molecule has 0 saturated carbocycles. The van der Waals surface area contributed by atoms with Crippen LogP contribution in [0.4, 0.5) is 0 Å². The summed E-state index contributed by atoms with van der Waals surface area (Å²) in [4.78, 5) is 1.92. The monoisotopic (exact) mass is 317 g/mol. The van der Waals surface area contributed by atoms with Gasteiger partial charge >= 0.3 is 0 Å². The van der Waals surface area contributed by atoms with Gasteiger partial charge in [0.1, 0.15) is 0 Å². The number of sulfonamides is 2. The predicted molar refractivity (Wildman–Crippen MR) is 74.0 cm³/mol. The van der Waals surface area contributed by atoms with E-state index in [9.17, 15) is 16.8 Å². The summed E-state index contributed by atoms with van der Waals surface area (Å²) in [6.07, 6.45) is 2.19. The molecule has 0 fully saturated rings. The van der Waals surface area contributed by atoms with Crippen molar-refractivity contribution in [1.29, 1.82) is 0 Å². The number of rotatable bonds is 11. The molecule has 0 unspecified atom stereocenters. The highest BCUT2D eigenvalue weighted by atomic mass is 32.2. The number of hydrogen-bond donors (Lipinski definition) is 2. The van der Waals surface area contributed by atoms with Gasteiger partial charge in [0.2, 0.25) is 20.0 Å². The molecule has 0 aliphatic rings. The zero-order valence-corrected chi connectivity index (χ0v) is 13.2. The largest absolute Gasteiger partial charge is 0.383 e. The Morgan fingerprint density at radius 1 is 0.895 bits per heavy atom. The second-order valence-electron chi connectivity index (χ2n) is 4.17. The van der Waals surface area contributed by atoms with Crippen molar-refractivity contribution >= 4 is 20.0 Å². The third-order valence-corrected chi connectivity index (χ3v) is 3.65. The summed E-state index contributed by atoms with van der Waals surface area (Å²) in [5.74, 6) is 0. The number of ether oxygens (including phenoxy) is 1. The van der Waals surface area contributed by atoms with Crippen LogP contribution in [0.5, 0.6) is 0 Å². The van der Waals surface area contributed by atoms with E-state index in [4.69, 9.17) is 4.74 Å². The molecule has 0 saturated heterocycles. The molecule has 8 nitrogen and oxygen atoms in total. The second-order valence-corrected chi connectivity index (χ2v) is 7.83. The van der Waals surface area contributed by atoms with Crippen LogP contribution in [-0.2, 0) is 24.8 Å². The Hall–Kier alpha value is -0.260. The maximum atomic E-state index is 10.9. The highest BCUT2D eigenvalue weighted by molar-refractivity contribution is 7.89. The Balaban J connectivity index is 4.08. The molecule has 0 aliphatic carbocycles. The fourth-order valence-electron chi connectivity index (χ4n) is 1.33. The van der Waals surface area contributed by atoms with E-state index in [2.05, 4.69) is 9.44 Å². The summed E-state index contributed by atoms with van der Waals surface area (Å²) >= 11 is 0. The molecule has 116 valence electrons. The molecule has 19 heavy (non-hydrogen) atoms. The average molecular weight is 317 g/mol. The van der Waals surface area contributed by atoms with Crippen molar-refractivity contribution in [2.75, 3.05) is 59.0 Å². The van der Waals surface area contributed by atoms with Crippen molar-refractivity contribution in [3.63, 3.8) is 0 Å². The van der Waals surface area contributed by atoms with Crippen molar-refractivity contribution in [3.05, 3.63) is 0 Å². The Labute approximate surface area is 115 Å². The van der Waals surface area contributed by atoms with Crippen LogP contribution in [0.15, 0.2) is 0 Å². The minimum absolute atomic E-state index is 0.279. The van der Waals surface area contributed by atoms with Crippen LogP contribution in [-0.4, -0.2) is 80.7 Å². The molecule has 0 bridgehead atoms. The quantitative estimate of drug-likeness (QED) is 0.458. The van der Waals surface area contributed by atoms with Gasteiger partial charge in [0.15, 0.2) is 0 Å². The predicted octanol–water partition coefficient (Wildman–Crippen LogP) is -1.97. The van der Waals surface area contributed by atoms with Gasteiger partial charge in [-0.1, -0.05) is 0 Å². The van der Waals surface area contributed by atoms with Crippen LogP contribution in [0.3, 0.4) is 0 Å². The third kappa shape index (κ3) is 14.0. The fourth-order valence-corrected chi connectivity index (χ4v) is 2.26. The maximum absolute atomic E-state index is 10.9. The molecule has 0 aromatic heterocycles. The van der Waals surface area contributed by atoms with Gasteiger partial charge in [-0.2, -0.15) is 0 Å². The Morgan fingerprint density at radius 2 is 1.32 bits per heavy atom. The summed E-state index contributed by atoms with van der Waals surface area (Å²) in [5, 5.41) is 0. The van der Waals surface area contributed by atoms with Crippen molar-refractivity contribution in [1.82, 2.24) is 14.3 Å². The average Bonchev–Trinajstić information content (AvgIpc) is 2.21. The van der Waals surface area contributed by atoms with Crippen molar-refractivity contribution < 1.29 is 21.6 Å². The molecule has 0 amide bonds. The molecule has 0 aliphatic heterocycles. The maximum Gasteiger partial charge on any atom is 0.208 e. The first-order valence-corrected chi connectivity index (χ1v) is 9.53. The van der Waals surface area contributed by atoms with Gasteiger partial charge in [-0.3, -0.25) is 4.90 Å². The fraction of sp³-hybridized carbons (Fsp3) is 1.00. The summed E-state index contributed by atoms with van der Waals surface area (Å²) < 4.78 is 53.4. The Morgan fingerprint density at radius 3 is 1.63 bits per heavy atom. The Kier molecular flexibility index (Phi) is 8.70. The summed E-state index contributed by atoms with van der Waals surface area (Å²) in [6, 6.07) is 0. The van der Waals surface area contributed by atoms with Gasteiger partial charge in [0.25, 0.3) is 0 Å². The van der Waals surface area contributed by atoms with Gasteiger partial charge in [-0.25, -0.2) is 26.3 Å². The highest BCUT2D eigenvalue weighted by Gasteiger charge is 2.08. The van der Waals surface area contributed by atoms with Crippen LogP contribution in [0.25, 0.3) is 0 Å². The number of methoxy groups -OCH3 is 1. The SMILES string of the molecule is COCCN(CCNS(C)(=O)=O)CCNS(C)(=O)=O. The van der Waals surface area contributed by atoms with Crippen molar-refractivity contribution in [2.24, 2.45) is 0 Å². The lowest BCUT2D eigenvalue weighted by Crippen LogP contribution is -2.40. The van der Waals surface area contributed by atoms with Crippen LogP contribution in [0.1, 0.15) is 0 Å². The van der Waals surface area contributed by atoms with Gasteiger partial charge in [0, 0.05) is 39.8 Å². The van der Waals surface area contributed by atoms with Crippen molar-refractivity contribution in [3.8, 4) is 0 Å². The minimum atomic E-state index is -3.20. The van der Waals surface area contributed by atoms with Gasteiger partial charge in [-0.05, 0) is 0 Å². The van der Waals surface area contributed by atoms with E-state index < -0.39 is 20.0 Å². The number of nitrogens with one attached hydrogen (secondary N) is 2. The molecular formula is C9H23N3O5S2. The van der Waals surface area contributed by atoms with E-state index in [1.807, 2.05) is 4.90 Å². The highest BCUT2D eigenvalue weighted by Crippen LogP contribution is 1.88. The van der Waals surface area contributed by atoms with E-state index in [-0.39, 0.29) is 13.1 Å². The van der Waals surface area contributed by atoms with Gasteiger partial charge < -0.3 is 4.74 Å². The van der Waals surface area contributed by atoms with Crippen molar-refractivity contribution in [2.45, 2.75) is 0 Å². The molecule has 0 aromatic rings. The lowest BCUT2D eigenvalue weighted by Gasteiger charge is -2.21. The molecule has 0 spiro atoms. The van der Waals surface area contributed by atoms with E-state index in [0.717, 1.165) is 12.5 Å². The molecule has 0 heterocycles. The number of hydrogen-bond acceptors (Lipinski definition) is 6. The minimum Gasteiger partial charge on any atom is -0.383 e. The molecule has 2 N–H and O–H groups in total. The molecular weight excluding hydrogens is 294 g/mol. The smallest absolute Gasteiger partial charge is 0.208 e. The lowest BCUT2D eigenvalue weighted by molar-refractivity contribution is 0.150. The zero-order valence-electron chi connectivity index (χ0n) is 11.5.